The van der Waals surface area contributed by atoms with Gasteiger partial charge in [0.1, 0.15) is 17.2 Å². The molecule has 1 amide bonds. The van der Waals surface area contributed by atoms with E-state index in [1.54, 1.807) is 18.2 Å². The normalized spacial score (nSPS) is 9.92. The number of anilines is 1. The van der Waals surface area contributed by atoms with Gasteiger partial charge in [-0.25, -0.2) is 0 Å². The maximum atomic E-state index is 12.0. The van der Waals surface area contributed by atoms with Crippen molar-refractivity contribution in [2.45, 2.75) is 0 Å². The monoisotopic (exact) mass is 332 g/mol. The number of ether oxygens (including phenoxy) is 3. The molecule has 0 saturated carbocycles. The highest BCUT2D eigenvalue weighted by atomic mass is 16.6. The van der Waals surface area contributed by atoms with Gasteiger partial charge in [-0.3, -0.25) is 14.9 Å². The van der Waals surface area contributed by atoms with Gasteiger partial charge in [-0.15, -0.1) is 0 Å². The Balaban J connectivity index is 1.94. The highest BCUT2D eigenvalue weighted by Gasteiger charge is 2.10. The van der Waals surface area contributed by atoms with Crippen LogP contribution >= 0.6 is 0 Å². The number of carbonyl (C=O) groups is 1. The van der Waals surface area contributed by atoms with Gasteiger partial charge < -0.3 is 19.5 Å². The van der Waals surface area contributed by atoms with E-state index < -0.39 is 10.8 Å². The first-order valence-corrected chi connectivity index (χ1v) is 6.92. The molecule has 0 bridgehead atoms. The fraction of sp³-hybridized carbons (Fsp3) is 0.188. The summed E-state index contributed by atoms with van der Waals surface area (Å²) in [5.74, 6) is 1.03. The third-order valence-corrected chi connectivity index (χ3v) is 3.10. The van der Waals surface area contributed by atoms with Crippen LogP contribution in [0.25, 0.3) is 0 Å². The first-order valence-electron chi connectivity index (χ1n) is 6.92. The van der Waals surface area contributed by atoms with Crippen molar-refractivity contribution in [2.24, 2.45) is 0 Å². The predicted molar refractivity (Wildman–Crippen MR) is 86.8 cm³/mol. The average Bonchev–Trinajstić information content (AvgIpc) is 2.60. The molecule has 2 aromatic rings. The van der Waals surface area contributed by atoms with Crippen LogP contribution in [-0.4, -0.2) is 31.7 Å². The minimum atomic E-state index is -0.507. The van der Waals surface area contributed by atoms with E-state index >= 15 is 0 Å². The van der Waals surface area contributed by atoms with Gasteiger partial charge in [0, 0.05) is 18.2 Å². The lowest BCUT2D eigenvalue weighted by molar-refractivity contribution is -0.384. The summed E-state index contributed by atoms with van der Waals surface area (Å²) >= 11 is 0. The topological polar surface area (TPSA) is 99.9 Å². The van der Waals surface area contributed by atoms with Gasteiger partial charge in [0.05, 0.1) is 24.8 Å². The van der Waals surface area contributed by atoms with E-state index in [2.05, 4.69) is 5.32 Å². The number of non-ortho nitro benzene ring substituents is 1. The summed E-state index contributed by atoms with van der Waals surface area (Å²) in [7, 11) is 3.02. The molecule has 0 fully saturated rings. The number of rotatable bonds is 7. The second-order valence-electron chi connectivity index (χ2n) is 4.65. The maximum Gasteiger partial charge on any atom is 0.269 e. The van der Waals surface area contributed by atoms with Crippen LogP contribution in [0.1, 0.15) is 0 Å². The molecular formula is C16H16N2O6. The Morgan fingerprint density at radius 3 is 2.33 bits per heavy atom. The molecule has 0 aliphatic rings. The molecule has 2 rings (SSSR count). The van der Waals surface area contributed by atoms with Crippen LogP contribution in [0.3, 0.4) is 0 Å². The van der Waals surface area contributed by atoms with E-state index in [0.29, 0.717) is 22.9 Å². The van der Waals surface area contributed by atoms with Gasteiger partial charge >= 0.3 is 0 Å². The van der Waals surface area contributed by atoms with Crippen molar-refractivity contribution in [3.63, 3.8) is 0 Å². The van der Waals surface area contributed by atoms with E-state index in [-0.39, 0.29) is 12.3 Å². The van der Waals surface area contributed by atoms with Crippen LogP contribution in [-0.2, 0) is 4.79 Å². The molecule has 0 spiro atoms. The largest absolute Gasteiger partial charge is 0.497 e. The standard InChI is InChI=1S/C16H16N2O6/c1-22-13-7-8-14(15(9-13)23-2)17-16(19)10-24-12-5-3-11(4-6-12)18(20)21/h3-9H,10H2,1-2H3,(H,17,19). The van der Waals surface area contributed by atoms with E-state index in [0.717, 1.165) is 0 Å². The van der Waals surface area contributed by atoms with E-state index in [9.17, 15) is 14.9 Å². The summed E-state index contributed by atoms with van der Waals surface area (Å²) < 4.78 is 15.6. The number of methoxy groups -OCH3 is 2. The second kappa shape index (κ2) is 7.82. The van der Waals surface area contributed by atoms with Gasteiger partial charge in [0.15, 0.2) is 6.61 Å². The Hall–Kier alpha value is -3.29. The fourth-order valence-corrected chi connectivity index (χ4v) is 1.90. The molecule has 0 aliphatic carbocycles. The van der Waals surface area contributed by atoms with E-state index in [1.807, 2.05) is 0 Å². The Morgan fingerprint density at radius 1 is 1.08 bits per heavy atom. The average molecular weight is 332 g/mol. The summed E-state index contributed by atoms with van der Waals surface area (Å²) in [4.78, 5) is 22.0. The van der Waals surface area contributed by atoms with Crippen LogP contribution < -0.4 is 19.5 Å². The molecule has 0 aromatic heterocycles. The highest BCUT2D eigenvalue weighted by Crippen LogP contribution is 2.29. The molecule has 0 radical (unpaired) electrons. The number of nitro groups is 1. The quantitative estimate of drug-likeness (QED) is 0.618. The van der Waals surface area contributed by atoms with Gasteiger partial charge in [-0.1, -0.05) is 0 Å². The zero-order valence-electron chi connectivity index (χ0n) is 13.1. The van der Waals surface area contributed by atoms with Crippen molar-refractivity contribution in [3.05, 3.63) is 52.6 Å². The number of nitrogens with zero attached hydrogens (tertiary/aromatic N) is 1. The molecule has 2 aromatic carbocycles. The Labute approximate surface area is 138 Å². The van der Waals surface area contributed by atoms with Gasteiger partial charge in [-0.2, -0.15) is 0 Å². The second-order valence-corrected chi connectivity index (χ2v) is 4.65. The summed E-state index contributed by atoms with van der Waals surface area (Å²) in [5, 5.41) is 13.2. The lowest BCUT2D eigenvalue weighted by Gasteiger charge is -2.12. The number of benzene rings is 2. The zero-order valence-corrected chi connectivity index (χ0v) is 13.1. The minimum Gasteiger partial charge on any atom is -0.497 e. The minimum absolute atomic E-state index is 0.0465. The third kappa shape index (κ3) is 4.35. The maximum absolute atomic E-state index is 12.0. The van der Waals surface area contributed by atoms with Crippen molar-refractivity contribution in [3.8, 4) is 17.2 Å². The molecule has 1 N–H and O–H groups in total. The Bertz CT molecular complexity index is 730. The number of hydrogen-bond donors (Lipinski definition) is 1. The Morgan fingerprint density at radius 2 is 1.75 bits per heavy atom. The van der Waals surface area contributed by atoms with Gasteiger partial charge in [0.2, 0.25) is 0 Å². The van der Waals surface area contributed by atoms with Crippen molar-refractivity contribution in [2.75, 3.05) is 26.1 Å². The number of carbonyl (C=O) groups excluding carboxylic acids is 1. The van der Waals surface area contributed by atoms with Crippen LogP contribution in [0.15, 0.2) is 42.5 Å². The van der Waals surface area contributed by atoms with Crippen LogP contribution in [0.4, 0.5) is 11.4 Å². The summed E-state index contributed by atoms with van der Waals surface area (Å²) in [6.45, 7) is -0.243. The van der Waals surface area contributed by atoms with E-state index in [4.69, 9.17) is 14.2 Å². The highest BCUT2D eigenvalue weighted by molar-refractivity contribution is 5.93. The van der Waals surface area contributed by atoms with E-state index in [1.165, 1.54) is 38.5 Å². The number of nitrogens with one attached hydrogen (secondary N) is 1. The molecular weight excluding hydrogens is 316 g/mol. The van der Waals surface area contributed by atoms with Crippen molar-refractivity contribution >= 4 is 17.3 Å². The van der Waals surface area contributed by atoms with Crippen LogP contribution in [0, 0.1) is 10.1 Å². The summed E-state index contributed by atoms with van der Waals surface area (Å²) in [6, 6.07) is 10.5. The molecule has 8 nitrogen and oxygen atoms in total. The molecule has 0 atom stereocenters. The first kappa shape index (κ1) is 17.1. The van der Waals surface area contributed by atoms with Crippen LogP contribution in [0.2, 0.25) is 0 Å². The molecule has 0 saturated heterocycles. The predicted octanol–water partition coefficient (Wildman–Crippen LogP) is 2.63. The zero-order chi connectivity index (χ0) is 17.5. The number of hydrogen-bond acceptors (Lipinski definition) is 6. The van der Waals surface area contributed by atoms with Crippen molar-refractivity contribution < 1.29 is 23.9 Å². The van der Waals surface area contributed by atoms with Crippen molar-refractivity contribution in [1.82, 2.24) is 0 Å². The molecule has 8 heteroatoms. The Kier molecular flexibility index (Phi) is 5.56. The molecule has 126 valence electrons. The molecule has 0 aliphatic heterocycles. The molecule has 0 heterocycles. The molecule has 0 unspecified atom stereocenters. The van der Waals surface area contributed by atoms with Gasteiger partial charge in [0.25, 0.3) is 11.6 Å². The smallest absolute Gasteiger partial charge is 0.269 e. The summed E-state index contributed by atoms with van der Waals surface area (Å²) in [5.41, 5.74) is 0.436. The summed E-state index contributed by atoms with van der Waals surface area (Å²) in [6.07, 6.45) is 0. The fourth-order valence-electron chi connectivity index (χ4n) is 1.90. The third-order valence-electron chi connectivity index (χ3n) is 3.10. The van der Waals surface area contributed by atoms with Gasteiger partial charge in [-0.05, 0) is 24.3 Å². The number of nitro benzene ring substituents is 1. The van der Waals surface area contributed by atoms with Crippen molar-refractivity contribution in [1.29, 1.82) is 0 Å². The first-order chi connectivity index (χ1) is 11.5. The number of amides is 1. The van der Waals surface area contributed by atoms with Crippen LogP contribution in [0.5, 0.6) is 17.2 Å². The lowest BCUT2D eigenvalue weighted by Crippen LogP contribution is -2.20. The lowest BCUT2D eigenvalue weighted by atomic mass is 10.2. The molecule has 24 heavy (non-hydrogen) atoms. The SMILES string of the molecule is COc1ccc(NC(=O)COc2ccc([N+](=O)[O-])cc2)c(OC)c1.